The quantitative estimate of drug-likeness (QED) is 0.589. The summed E-state index contributed by atoms with van der Waals surface area (Å²) in [7, 11) is 5.00. The van der Waals surface area contributed by atoms with E-state index in [2.05, 4.69) is 17.1 Å². The summed E-state index contributed by atoms with van der Waals surface area (Å²) in [5, 5.41) is 7.06. The molecule has 6 nitrogen and oxygen atoms in total. The van der Waals surface area contributed by atoms with Gasteiger partial charge in [-0.1, -0.05) is 24.3 Å². The first-order valence-corrected chi connectivity index (χ1v) is 10.2. The van der Waals surface area contributed by atoms with Gasteiger partial charge >= 0.3 is 0 Å². The molecule has 0 radical (unpaired) electrons. The Labute approximate surface area is 181 Å². The van der Waals surface area contributed by atoms with E-state index in [1.165, 1.54) is 0 Å². The van der Waals surface area contributed by atoms with Gasteiger partial charge in [0.05, 0.1) is 33.1 Å². The highest BCUT2D eigenvalue weighted by atomic mass is 16.5. The summed E-state index contributed by atoms with van der Waals surface area (Å²) < 4.78 is 22.8. The number of ether oxygens (including phenoxy) is 4. The lowest BCUT2D eigenvalue weighted by molar-refractivity contribution is -0.0209. The summed E-state index contributed by atoms with van der Waals surface area (Å²) >= 11 is 0. The Morgan fingerprint density at radius 3 is 2.39 bits per heavy atom. The van der Waals surface area contributed by atoms with Crippen LogP contribution in [0.2, 0.25) is 0 Å². The normalized spacial score (nSPS) is 19.1. The first-order chi connectivity index (χ1) is 15.2. The molecule has 2 aliphatic heterocycles. The fraction of sp³-hybridized carbons (Fsp3) is 0.240. The van der Waals surface area contributed by atoms with E-state index in [1.807, 2.05) is 54.6 Å². The van der Waals surface area contributed by atoms with Crippen LogP contribution in [0.5, 0.6) is 23.0 Å². The molecule has 0 fully saturated rings. The minimum atomic E-state index is -0.372. The third kappa shape index (κ3) is 3.34. The van der Waals surface area contributed by atoms with Gasteiger partial charge in [0.25, 0.3) is 0 Å². The standard InChI is InChI=1S/C25H24N2O4/c1-28-18-12-10-16(11-13-18)25-27-22(20-8-5-9-23(30-3)24(20)31-25)15-21(26-27)17-6-4-7-19(14-17)29-2/h4-14,22,25H,15H2,1-3H3/t22-,25-/m0/s1. The number of nitrogens with zero attached hydrogens (tertiary/aromatic N) is 2. The van der Waals surface area contributed by atoms with Crippen LogP contribution in [0.4, 0.5) is 0 Å². The largest absolute Gasteiger partial charge is 0.497 e. The van der Waals surface area contributed by atoms with E-state index >= 15 is 0 Å². The third-order valence-corrected chi connectivity index (χ3v) is 5.80. The van der Waals surface area contributed by atoms with Gasteiger partial charge in [-0.05, 0) is 42.5 Å². The lowest BCUT2D eigenvalue weighted by atomic mass is 9.95. The molecule has 0 amide bonds. The molecule has 31 heavy (non-hydrogen) atoms. The van der Waals surface area contributed by atoms with Gasteiger partial charge in [-0.25, -0.2) is 5.01 Å². The zero-order chi connectivity index (χ0) is 21.4. The Balaban J connectivity index is 1.59. The van der Waals surface area contributed by atoms with Crippen molar-refractivity contribution >= 4 is 5.71 Å². The molecule has 2 aliphatic rings. The summed E-state index contributed by atoms with van der Waals surface area (Å²) in [5.41, 5.74) is 4.12. The molecule has 2 atom stereocenters. The lowest BCUT2D eigenvalue weighted by Gasteiger charge is -2.38. The van der Waals surface area contributed by atoms with Crippen LogP contribution >= 0.6 is 0 Å². The van der Waals surface area contributed by atoms with E-state index in [0.717, 1.165) is 51.8 Å². The van der Waals surface area contributed by atoms with Gasteiger partial charge in [-0.2, -0.15) is 5.10 Å². The van der Waals surface area contributed by atoms with Crippen LogP contribution in [0.15, 0.2) is 71.8 Å². The number of hydrogen-bond donors (Lipinski definition) is 0. The van der Waals surface area contributed by atoms with Crippen molar-refractivity contribution in [3.05, 3.63) is 83.4 Å². The molecular formula is C25H24N2O4. The summed E-state index contributed by atoms with van der Waals surface area (Å²) in [5.74, 6) is 3.12. The fourth-order valence-electron chi connectivity index (χ4n) is 4.21. The van der Waals surface area contributed by atoms with Gasteiger partial charge in [0.1, 0.15) is 11.5 Å². The van der Waals surface area contributed by atoms with Crippen LogP contribution in [0.1, 0.15) is 35.4 Å². The van der Waals surface area contributed by atoms with Gasteiger partial charge in [0, 0.05) is 23.1 Å². The van der Waals surface area contributed by atoms with Crippen molar-refractivity contribution in [2.24, 2.45) is 5.10 Å². The van der Waals surface area contributed by atoms with Crippen LogP contribution in [0.25, 0.3) is 0 Å². The molecule has 0 saturated heterocycles. The van der Waals surface area contributed by atoms with Gasteiger partial charge in [-0.15, -0.1) is 0 Å². The van der Waals surface area contributed by atoms with Crippen molar-refractivity contribution in [3.63, 3.8) is 0 Å². The zero-order valence-corrected chi connectivity index (χ0v) is 17.7. The molecule has 0 N–H and O–H groups in total. The van der Waals surface area contributed by atoms with Crippen molar-refractivity contribution in [3.8, 4) is 23.0 Å². The number of hydrogen-bond acceptors (Lipinski definition) is 6. The molecule has 2 heterocycles. The predicted octanol–water partition coefficient (Wildman–Crippen LogP) is 4.95. The van der Waals surface area contributed by atoms with Gasteiger partial charge in [-0.3, -0.25) is 0 Å². The molecule has 0 spiro atoms. The van der Waals surface area contributed by atoms with E-state index in [0.29, 0.717) is 0 Å². The second kappa shape index (κ2) is 7.87. The maximum absolute atomic E-state index is 6.48. The molecule has 0 aliphatic carbocycles. The van der Waals surface area contributed by atoms with E-state index in [-0.39, 0.29) is 12.3 Å². The zero-order valence-electron chi connectivity index (χ0n) is 17.7. The molecule has 0 unspecified atom stereocenters. The van der Waals surface area contributed by atoms with Gasteiger partial charge in [0.15, 0.2) is 11.5 Å². The Kier molecular flexibility index (Phi) is 4.90. The van der Waals surface area contributed by atoms with Crippen LogP contribution in [-0.4, -0.2) is 32.0 Å². The molecule has 3 aromatic rings. The molecular weight excluding hydrogens is 392 g/mol. The van der Waals surface area contributed by atoms with Crippen molar-refractivity contribution in [1.29, 1.82) is 0 Å². The highest BCUT2D eigenvalue weighted by Gasteiger charge is 2.42. The van der Waals surface area contributed by atoms with E-state index in [4.69, 9.17) is 24.0 Å². The first kappa shape index (κ1) is 19.3. The van der Waals surface area contributed by atoms with Gasteiger partial charge < -0.3 is 18.9 Å². The Morgan fingerprint density at radius 2 is 1.65 bits per heavy atom. The monoisotopic (exact) mass is 416 g/mol. The third-order valence-electron chi connectivity index (χ3n) is 5.80. The molecule has 6 heteroatoms. The minimum absolute atomic E-state index is 0.0483. The highest BCUT2D eigenvalue weighted by molar-refractivity contribution is 6.02. The van der Waals surface area contributed by atoms with Crippen molar-refractivity contribution in [1.82, 2.24) is 5.01 Å². The fourth-order valence-corrected chi connectivity index (χ4v) is 4.21. The van der Waals surface area contributed by atoms with E-state index in [1.54, 1.807) is 21.3 Å². The highest BCUT2D eigenvalue weighted by Crippen LogP contribution is 2.50. The van der Waals surface area contributed by atoms with E-state index < -0.39 is 0 Å². The Hall–Kier alpha value is -3.67. The molecule has 0 saturated carbocycles. The van der Waals surface area contributed by atoms with Crippen molar-refractivity contribution < 1.29 is 18.9 Å². The number of fused-ring (bicyclic) bond motifs is 3. The molecule has 0 bridgehead atoms. The number of hydrazone groups is 1. The SMILES string of the molecule is COc1ccc([C@@H]2Oc3c(OC)cccc3[C@@H]3CC(c4cccc(OC)c4)=NN32)cc1. The first-order valence-electron chi connectivity index (χ1n) is 10.2. The second-order valence-electron chi connectivity index (χ2n) is 7.50. The molecule has 158 valence electrons. The predicted molar refractivity (Wildman–Crippen MR) is 118 cm³/mol. The summed E-state index contributed by atoms with van der Waals surface area (Å²) in [6.07, 6.45) is 0.395. The molecule has 3 aromatic carbocycles. The lowest BCUT2D eigenvalue weighted by Crippen LogP contribution is -2.33. The number of methoxy groups -OCH3 is 3. The topological polar surface area (TPSA) is 52.5 Å². The summed E-state index contributed by atoms with van der Waals surface area (Å²) in [6.45, 7) is 0. The summed E-state index contributed by atoms with van der Waals surface area (Å²) in [4.78, 5) is 0. The van der Waals surface area contributed by atoms with Crippen LogP contribution in [0.3, 0.4) is 0 Å². The van der Waals surface area contributed by atoms with Crippen molar-refractivity contribution in [2.75, 3.05) is 21.3 Å². The maximum atomic E-state index is 6.48. The average molecular weight is 416 g/mol. The van der Waals surface area contributed by atoms with Crippen LogP contribution in [0, 0.1) is 0 Å². The van der Waals surface area contributed by atoms with Crippen molar-refractivity contribution in [2.45, 2.75) is 18.7 Å². The van der Waals surface area contributed by atoms with Gasteiger partial charge in [0.2, 0.25) is 6.23 Å². The molecule has 5 rings (SSSR count). The van der Waals surface area contributed by atoms with Crippen LogP contribution < -0.4 is 18.9 Å². The maximum Gasteiger partial charge on any atom is 0.214 e. The van der Waals surface area contributed by atoms with Crippen LogP contribution in [-0.2, 0) is 0 Å². The smallest absolute Gasteiger partial charge is 0.214 e. The minimum Gasteiger partial charge on any atom is -0.497 e. The second-order valence-corrected chi connectivity index (χ2v) is 7.50. The average Bonchev–Trinajstić information content (AvgIpc) is 3.29. The summed E-state index contributed by atoms with van der Waals surface area (Å²) in [6, 6.07) is 22.0. The van der Waals surface area contributed by atoms with E-state index in [9.17, 15) is 0 Å². The number of benzene rings is 3. The number of rotatable bonds is 5. The molecule has 0 aromatic heterocycles. The number of para-hydroxylation sites is 1. The Bertz CT molecular complexity index is 1130. The Morgan fingerprint density at radius 1 is 0.871 bits per heavy atom.